The number of hydrogen-bond donors (Lipinski definition) is 0. The third-order valence-electron chi connectivity index (χ3n) is 13.1. The van der Waals surface area contributed by atoms with Gasteiger partial charge in [-0.25, -0.2) is 0 Å². The standard InChI is InChI=1S/C56H94O4/c57-53(46-36-25-17-9-3-11-19-27-38-48-55(59)50-51-40-30-29-31-41-51)44-34-23-15-7-2-8-16-24-35-45-54(58)47-37-26-18-10-4-12-20-28-39-49-56(60)52-42-32-21-13-5-1-6-14-22-33-43-52/h29-31,40-42H,1-28,32-39,43-50H2/b52-42+. The summed E-state index contributed by atoms with van der Waals surface area (Å²) in [7, 11) is 0. The molecule has 0 saturated heterocycles. The second-order valence-corrected chi connectivity index (χ2v) is 18.8. The molecule has 0 fully saturated rings. The highest BCUT2D eigenvalue weighted by Crippen LogP contribution is 2.21. The number of ketones is 4. The van der Waals surface area contributed by atoms with E-state index in [2.05, 4.69) is 6.08 Å². The Morgan fingerprint density at radius 3 is 1.05 bits per heavy atom. The molecule has 0 amide bonds. The van der Waals surface area contributed by atoms with E-state index in [9.17, 15) is 19.2 Å². The maximum Gasteiger partial charge on any atom is 0.158 e. The molecule has 4 nitrogen and oxygen atoms in total. The Balaban J connectivity index is 1.23. The molecule has 4 heteroatoms. The molecule has 0 aromatic heterocycles. The van der Waals surface area contributed by atoms with Gasteiger partial charge in [-0.05, 0) is 75.3 Å². The molecule has 0 spiro atoms. The average Bonchev–Trinajstić information content (AvgIpc) is 3.24. The number of carbonyl (C=O) groups is 4. The van der Waals surface area contributed by atoms with E-state index in [1.165, 1.54) is 180 Å². The zero-order chi connectivity index (χ0) is 42.8. The molecule has 1 aliphatic carbocycles. The van der Waals surface area contributed by atoms with Crippen LogP contribution in [0.3, 0.4) is 0 Å². The van der Waals surface area contributed by atoms with Crippen LogP contribution < -0.4 is 0 Å². The van der Waals surface area contributed by atoms with Crippen LogP contribution >= 0.6 is 0 Å². The molecule has 0 saturated carbocycles. The molecule has 342 valence electrons. The molecular formula is C56H94O4. The SMILES string of the molecule is O=C(CCCCCCCCCCCC(=O)CCCCCCCCCCCC(=O)/C1=C/CCCCCCCCCC1)CCCCCCCCCCCC(=O)Cc1ccccc1. The predicted octanol–water partition coefficient (Wildman–Crippen LogP) is 17.2. The summed E-state index contributed by atoms with van der Waals surface area (Å²) in [6, 6.07) is 10.1. The summed E-state index contributed by atoms with van der Waals surface area (Å²) in [5, 5.41) is 0. The van der Waals surface area contributed by atoms with Crippen LogP contribution in [0, 0.1) is 0 Å². The van der Waals surface area contributed by atoms with Crippen LogP contribution in [0.4, 0.5) is 0 Å². The Kier molecular flexibility index (Phi) is 36.5. The quantitative estimate of drug-likeness (QED) is 0.0620. The zero-order valence-electron chi connectivity index (χ0n) is 39.2. The first-order valence-electron chi connectivity index (χ1n) is 26.4. The number of Topliss-reactive ketones (excluding diaryl/α,β-unsaturated/α-hetero) is 4. The summed E-state index contributed by atoms with van der Waals surface area (Å²) < 4.78 is 0. The van der Waals surface area contributed by atoms with Crippen molar-refractivity contribution in [2.45, 2.75) is 283 Å². The van der Waals surface area contributed by atoms with Gasteiger partial charge in [-0.2, -0.15) is 0 Å². The van der Waals surface area contributed by atoms with Crippen molar-refractivity contribution in [2.75, 3.05) is 0 Å². The molecule has 0 N–H and O–H groups in total. The number of hydrogen-bond acceptors (Lipinski definition) is 4. The van der Waals surface area contributed by atoms with Crippen LogP contribution in [0.25, 0.3) is 0 Å². The lowest BCUT2D eigenvalue weighted by Gasteiger charge is -2.09. The Bertz CT molecular complexity index is 1210. The van der Waals surface area contributed by atoms with E-state index in [1.54, 1.807) is 0 Å². The van der Waals surface area contributed by atoms with Gasteiger partial charge in [0.25, 0.3) is 0 Å². The molecule has 60 heavy (non-hydrogen) atoms. The van der Waals surface area contributed by atoms with Crippen molar-refractivity contribution in [3.8, 4) is 0 Å². The monoisotopic (exact) mass is 831 g/mol. The lowest BCUT2D eigenvalue weighted by molar-refractivity contribution is -0.120. The highest BCUT2D eigenvalue weighted by molar-refractivity contribution is 5.95. The van der Waals surface area contributed by atoms with E-state index in [-0.39, 0.29) is 0 Å². The van der Waals surface area contributed by atoms with Crippen molar-refractivity contribution in [1.82, 2.24) is 0 Å². The van der Waals surface area contributed by atoms with Gasteiger partial charge < -0.3 is 0 Å². The molecule has 0 aliphatic heterocycles. The molecule has 0 bridgehead atoms. The Morgan fingerprint density at radius 2 is 0.650 bits per heavy atom. The molecule has 1 aromatic rings. The summed E-state index contributed by atoms with van der Waals surface area (Å²) in [6.07, 6.45) is 52.4. The molecule has 0 unspecified atom stereocenters. The summed E-state index contributed by atoms with van der Waals surface area (Å²) in [5.41, 5.74) is 2.27. The first-order valence-corrected chi connectivity index (χ1v) is 26.4. The van der Waals surface area contributed by atoms with Gasteiger partial charge in [0.05, 0.1) is 0 Å². The first-order chi connectivity index (χ1) is 29.5. The maximum absolute atomic E-state index is 12.8. The van der Waals surface area contributed by atoms with Gasteiger partial charge in [-0.15, -0.1) is 0 Å². The van der Waals surface area contributed by atoms with Gasteiger partial charge in [-0.3, -0.25) is 19.2 Å². The van der Waals surface area contributed by atoms with Gasteiger partial charge in [0.1, 0.15) is 17.3 Å². The van der Waals surface area contributed by atoms with Gasteiger partial charge in [0.2, 0.25) is 0 Å². The van der Waals surface area contributed by atoms with E-state index in [4.69, 9.17) is 0 Å². The van der Waals surface area contributed by atoms with E-state index in [0.29, 0.717) is 36.0 Å². The minimum atomic E-state index is 0.361. The Morgan fingerprint density at radius 1 is 0.333 bits per heavy atom. The topological polar surface area (TPSA) is 68.3 Å². The van der Waals surface area contributed by atoms with Gasteiger partial charge >= 0.3 is 0 Å². The molecule has 0 heterocycles. The number of allylic oxidation sites excluding steroid dienone is 2. The fraction of sp³-hybridized carbons (Fsp3) is 0.786. The molecule has 1 aromatic carbocycles. The molecule has 2 rings (SSSR count). The summed E-state index contributed by atoms with van der Waals surface area (Å²) in [4.78, 5) is 49.6. The zero-order valence-corrected chi connectivity index (χ0v) is 39.2. The minimum absolute atomic E-state index is 0.361. The predicted molar refractivity (Wildman–Crippen MR) is 257 cm³/mol. The number of benzene rings is 1. The number of rotatable bonds is 39. The average molecular weight is 831 g/mol. The van der Waals surface area contributed by atoms with Crippen molar-refractivity contribution >= 4 is 23.1 Å². The van der Waals surface area contributed by atoms with E-state index in [0.717, 1.165) is 101 Å². The van der Waals surface area contributed by atoms with Crippen molar-refractivity contribution in [3.05, 3.63) is 47.5 Å². The Hall–Kier alpha value is -2.36. The van der Waals surface area contributed by atoms with Crippen LogP contribution in [-0.4, -0.2) is 23.1 Å². The summed E-state index contributed by atoms with van der Waals surface area (Å²) in [5.74, 6) is 1.72. The second-order valence-electron chi connectivity index (χ2n) is 18.8. The molecule has 0 radical (unpaired) electrons. The third kappa shape index (κ3) is 34.3. The van der Waals surface area contributed by atoms with Crippen LogP contribution in [0.5, 0.6) is 0 Å². The van der Waals surface area contributed by atoms with E-state index < -0.39 is 0 Å². The smallest absolute Gasteiger partial charge is 0.158 e. The molecular weight excluding hydrogens is 737 g/mol. The van der Waals surface area contributed by atoms with Crippen LogP contribution in [0.1, 0.15) is 282 Å². The lowest BCUT2D eigenvalue weighted by atomic mass is 9.95. The maximum atomic E-state index is 12.8. The molecule has 1 aliphatic rings. The normalized spacial score (nSPS) is 14.8. The van der Waals surface area contributed by atoms with Crippen molar-refractivity contribution in [3.63, 3.8) is 0 Å². The minimum Gasteiger partial charge on any atom is -0.300 e. The fourth-order valence-corrected chi connectivity index (χ4v) is 9.08. The van der Waals surface area contributed by atoms with Gasteiger partial charge in [-0.1, -0.05) is 210 Å². The Labute approximate surface area is 371 Å². The van der Waals surface area contributed by atoms with E-state index >= 15 is 0 Å². The number of carbonyl (C=O) groups excluding carboxylic acids is 4. The lowest BCUT2D eigenvalue weighted by Crippen LogP contribution is -2.03. The number of unbranched alkanes of at least 4 members (excludes halogenated alkanes) is 24. The van der Waals surface area contributed by atoms with Crippen molar-refractivity contribution in [1.29, 1.82) is 0 Å². The van der Waals surface area contributed by atoms with Crippen molar-refractivity contribution in [2.24, 2.45) is 0 Å². The molecule has 0 atom stereocenters. The van der Waals surface area contributed by atoms with Crippen LogP contribution in [-0.2, 0) is 25.6 Å². The summed E-state index contributed by atoms with van der Waals surface area (Å²) in [6.45, 7) is 0. The highest BCUT2D eigenvalue weighted by Gasteiger charge is 2.10. The fourth-order valence-electron chi connectivity index (χ4n) is 9.08. The third-order valence-corrected chi connectivity index (χ3v) is 13.1. The largest absolute Gasteiger partial charge is 0.300 e. The second kappa shape index (κ2) is 40.7. The van der Waals surface area contributed by atoms with Crippen molar-refractivity contribution < 1.29 is 19.2 Å². The van der Waals surface area contributed by atoms with E-state index in [1.807, 2.05) is 30.3 Å². The van der Waals surface area contributed by atoms with Crippen LogP contribution in [0.15, 0.2) is 42.0 Å². The van der Waals surface area contributed by atoms with Crippen LogP contribution in [0.2, 0.25) is 0 Å². The van der Waals surface area contributed by atoms with Gasteiger partial charge in [0.15, 0.2) is 5.78 Å². The summed E-state index contributed by atoms with van der Waals surface area (Å²) >= 11 is 0. The first kappa shape index (κ1) is 53.8. The highest BCUT2D eigenvalue weighted by atomic mass is 16.1. The van der Waals surface area contributed by atoms with Gasteiger partial charge in [0, 0.05) is 44.9 Å².